The normalized spacial score (nSPS) is 10.0. The summed E-state index contributed by atoms with van der Waals surface area (Å²) in [5, 5.41) is 3.30. The molecular formula is C11H11ClN4O. The lowest BCUT2D eigenvalue weighted by Gasteiger charge is -2.06. The number of hydrogen-bond donors (Lipinski definition) is 1. The second kappa shape index (κ2) is 5.45. The van der Waals surface area contributed by atoms with Crippen molar-refractivity contribution in [3.8, 4) is 6.01 Å². The van der Waals surface area contributed by atoms with Crippen LogP contribution in [-0.2, 0) is 6.54 Å². The Labute approximate surface area is 104 Å². The monoisotopic (exact) mass is 250 g/mol. The van der Waals surface area contributed by atoms with Crippen LogP contribution in [0.5, 0.6) is 6.01 Å². The van der Waals surface area contributed by atoms with E-state index in [2.05, 4.69) is 20.3 Å². The number of methoxy groups -OCH3 is 1. The second-order valence-electron chi connectivity index (χ2n) is 3.23. The number of nitrogens with one attached hydrogen (secondary N) is 1. The van der Waals surface area contributed by atoms with Crippen LogP contribution >= 0.6 is 11.6 Å². The molecule has 1 heterocycles. The highest BCUT2D eigenvalue weighted by molar-refractivity contribution is 6.28. The van der Waals surface area contributed by atoms with E-state index in [9.17, 15) is 0 Å². The Morgan fingerprint density at radius 1 is 1.18 bits per heavy atom. The number of para-hydroxylation sites is 1. The van der Waals surface area contributed by atoms with Gasteiger partial charge < -0.3 is 10.1 Å². The van der Waals surface area contributed by atoms with Crippen LogP contribution in [0.4, 0.5) is 5.69 Å². The summed E-state index contributed by atoms with van der Waals surface area (Å²) in [6, 6.07) is 9.98. The van der Waals surface area contributed by atoms with Crippen LogP contribution in [0.2, 0.25) is 5.28 Å². The first kappa shape index (κ1) is 11.6. The fraction of sp³-hybridized carbons (Fsp3) is 0.182. The minimum absolute atomic E-state index is 0.127. The third-order valence-corrected chi connectivity index (χ3v) is 2.21. The lowest BCUT2D eigenvalue weighted by atomic mass is 10.3. The number of nitrogens with zero attached hydrogens (tertiary/aromatic N) is 3. The summed E-state index contributed by atoms with van der Waals surface area (Å²) >= 11 is 5.74. The third-order valence-electron chi connectivity index (χ3n) is 2.04. The van der Waals surface area contributed by atoms with Crippen molar-refractivity contribution in [2.45, 2.75) is 6.54 Å². The number of benzene rings is 1. The summed E-state index contributed by atoms with van der Waals surface area (Å²) in [7, 11) is 1.49. The van der Waals surface area contributed by atoms with Gasteiger partial charge in [-0.05, 0) is 23.7 Å². The van der Waals surface area contributed by atoms with E-state index < -0.39 is 0 Å². The molecule has 2 rings (SSSR count). The molecule has 1 aromatic heterocycles. The molecular weight excluding hydrogens is 240 g/mol. The summed E-state index contributed by atoms with van der Waals surface area (Å²) in [5.41, 5.74) is 0.989. The van der Waals surface area contributed by atoms with E-state index in [1.165, 1.54) is 7.11 Å². The largest absolute Gasteiger partial charge is 0.467 e. The Morgan fingerprint density at radius 2 is 1.94 bits per heavy atom. The number of hydrogen-bond acceptors (Lipinski definition) is 5. The molecule has 88 valence electrons. The standard InChI is InChI=1S/C11H11ClN4O/c1-17-11-15-9(14-10(12)16-11)7-13-8-5-3-2-4-6-8/h2-6,13H,7H2,1H3. The number of aromatic nitrogens is 3. The van der Waals surface area contributed by atoms with Crippen LogP contribution < -0.4 is 10.1 Å². The molecule has 0 aliphatic carbocycles. The smallest absolute Gasteiger partial charge is 0.320 e. The first-order chi connectivity index (χ1) is 8.28. The zero-order valence-electron chi connectivity index (χ0n) is 9.22. The van der Waals surface area contributed by atoms with Crippen molar-refractivity contribution in [2.24, 2.45) is 0 Å². The molecule has 2 aromatic rings. The van der Waals surface area contributed by atoms with Gasteiger partial charge in [0.1, 0.15) is 0 Å². The predicted molar refractivity (Wildman–Crippen MR) is 65.2 cm³/mol. The van der Waals surface area contributed by atoms with Crippen molar-refractivity contribution >= 4 is 17.3 Å². The van der Waals surface area contributed by atoms with Gasteiger partial charge in [-0.2, -0.15) is 9.97 Å². The van der Waals surface area contributed by atoms with Crippen molar-refractivity contribution in [3.63, 3.8) is 0 Å². The number of halogens is 1. The summed E-state index contributed by atoms with van der Waals surface area (Å²) in [6.45, 7) is 0.461. The molecule has 0 amide bonds. The van der Waals surface area contributed by atoms with Crippen molar-refractivity contribution in [1.82, 2.24) is 15.0 Å². The molecule has 0 saturated carbocycles. The molecule has 1 N–H and O–H groups in total. The van der Waals surface area contributed by atoms with Crippen LogP contribution in [0.15, 0.2) is 30.3 Å². The van der Waals surface area contributed by atoms with Gasteiger partial charge in [-0.15, -0.1) is 0 Å². The quantitative estimate of drug-likeness (QED) is 0.901. The molecule has 0 radical (unpaired) electrons. The van der Waals surface area contributed by atoms with Crippen LogP contribution in [0, 0.1) is 0 Å². The number of anilines is 1. The van der Waals surface area contributed by atoms with E-state index in [-0.39, 0.29) is 11.3 Å². The van der Waals surface area contributed by atoms with Gasteiger partial charge in [-0.1, -0.05) is 18.2 Å². The van der Waals surface area contributed by atoms with E-state index in [1.54, 1.807) is 0 Å². The van der Waals surface area contributed by atoms with Gasteiger partial charge in [-0.3, -0.25) is 0 Å². The second-order valence-corrected chi connectivity index (χ2v) is 3.57. The summed E-state index contributed by atoms with van der Waals surface area (Å²) in [6.07, 6.45) is 0. The van der Waals surface area contributed by atoms with Crippen molar-refractivity contribution in [2.75, 3.05) is 12.4 Å². The average Bonchev–Trinajstić information content (AvgIpc) is 2.37. The maximum Gasteiger partial charge on any atom is 0.320 e. The van der Waals surface area contributed by atoms with Gasteiger partial charge >= 0.3 is 6.01 Å². The van der Waals surface area contributed by atoms with Crippen molar-refractivity contribution < 1.29 is 4.74 Å². The number of ether oxygens (including phenoxy) is 1. The summed E-state index contributed by atoms with van der Waals surface area (Å²) < 4.78 is 4.91. The van der Waals surface area contributed by atoms with E-state index >= 15 is 0 Å². The van der Waals surface area contributed by atoms with E-state index in [4.69, 9.17) is 16.3 Å². The van der Waals surface area contributed by atoms with Crippen LogP contribution in [0.3, 0.4) is 0 Å². The van der Waals surface area contributed by atoms with E-state index in [0.29, 0.717) is 12.4 Å². The Kier molecular flexibility index (Phi) is 3.72. The summed E-state index contributed by atoms with van der Waals surface area (Å²) in [4.78, 5) is 11.9. The lowest BCUT2D eigenvalue weighted by Crippen LogP contribution is -2.06. The van der Waals surface area contributed by atoms with Gasteiger partial charge in [0.05, 0.1) is 13.7 Å². The molecule has 5 nitrogen and oxygen atoms in total. The molecule has 0 aliphatic rings. The Hall–Kier alpha value is -1.88. The van der Waals surface area contributed by atoms with E-state index in [1.807, 2.05) is 30.3 Å². The molecule has 0 fully saturated rings. The SMILES string of the molecule is COc1nc(Cl)nc(CNc2ccccc2)n1. The maximum absolute atomic E-state index is 5.74. The lowest BCUT2D eigenvalue weighted by molar-refractivity contribution is 0.376. The molecule has 0 aliphatic heterocycles. The highest BCUT2D eigenvalue weighted by atomic mass is 35.5. The molecule has 1 aromatic carbocycles. The fourth-order valence-electron chi connectivity index (χ4n) is 1.28. The fourth-order valence-corrected chi connectivity index (χ4v) is 1.45. The Balaban J connectivity index is 2.06. The Morgan fingerprint density at radius 3 is 2.65 bits per heavy atom. The molecule has 0 unspecified atom stereocenters. The van der Waals surface area contributed by atoms with Crippen LogP contribution in [0.1, 0.15) is 5.82 Å². The van der Waals surface area contributed by atoms with E-state index in [0.717, 1.165) is 5.69 Å². The van der Waals surface area contributed by atoms with Gasteiger partial charge in [0, 0.05) is 5.69 Å². The highest BCUT2D eigenvalue weighted by Crippen LogP contribution is 2.10. The molecule has 0 atom stereocenters. The summed E-state index contributed by atoms with van der Waals surface area (Å²) in [5.74, 6) is 0.533. The van der Waals surface area contributed by atoms with Crippen molar-refractivity contribution in [1.29, 1.82) is 0 Å². The minimum atomic E-state index is 0.127. The third kappa shape index (κ3) is 3.29. The van der Waals surface area contributed by atoms with Gasteiger partial charge in [0.2, 0.25) is 5.28 Å². The molecule has 0 spiro atoms. The average molecular weight is 251 g/mol. The highest BCUT2D eigenvalue weighted by Gasteiger charge is 2.04. The first-order valence-corrected chi connectivity index (χ1v) is 5.39. The maximum atomic E-state index is 5.74. The minimum Gasteiger partial charge on any atom is -0.467 e. The van der Waals surface area contributed by atoms with Gasteiger partial charge in [0.15, 0.2) is 5.82 Å². The zero-order chi connectivity index (χ0) is 12.1. The zero-order valence-corrected chi connectivity index (χ0v) is 9.98. The topological polar surface area (TPSA) is 59.9 Å². The Bertz CT molecular complexity index is 492. The van der Waals surface area contributed by atoms with Gasteiger partial charge in [0.25, 0.3) is 0 Å². The predicted octanol–water partition coefficient (Wildman–Crippen LogP) is 2.15. The molecule has 0 saturated heterocycles. The van der Waals surface area contributed by atoms with Crippen LogP contribution in [0.25, 0.3) is 0 Å². The first-order valence-electron chi connectivity index (χ1n) is 5.01. The number of rotatable bonds is 4. The van der Waals surface area contributed by atoms with Crippen LogP contribution in [-0.4, -0.2) is 22.1 Å². The molecule has 0 bridgehead atoms. The van der Waals surface area contributed by atoms with Crippen molar-refractivity contribution in [3.05, 3.63) is 41.4 Å². The molecule has 6 heteroatoms. The van der Waals surface area contributed by atoms with Gasteiger partial charge in [-0.25, -0.2) is 4.98 Å². The molecule has 17 heavy (non-hydrogen) atoms.